The van der Waals surface area contributed by atoms with Gasteiger partial charge in [0.2, 0.25) is 15.9 Å². The average Bonchev–Trinajstić information content (AvgIpc) is 2.74. The molecular weight excluding hydrogens is 477 g/mol. The minimum atomic E-state index is -4.69. The van der Waals surface area contributed by atoms with Gasteiger partial charge in [-0.15, -0.1) is 0 Å². The fourth-order valence-corrected chi connectivity index (χ4v) is 4.66. The van der Waals surface area contributed by atoms with Gasteiger partial charge in [-0.3, -0.25) is 4.79 Å². The lowest BCUT2D eigenvalue weighted by atomic mass is 10.1. The fraction of sp³-hybridized carbons (Fsp3) is 0.174. The first-order chi connectivity index (χ1) is 15.5. The van der Waals surface area contributed by atoms with Gasteiger partial charge in [0, 0.05) is 11.6 Å². The van der Waals surface area contributed by atoms with E-state index in [1.165, 1.54) is 24.3 Å². The number of anilines is 1. The van der Waals surface area contributed by atoms with Crippen LogP contribution < -0.4 is 5.32 Å². The molecule has 0 fully saturated rings. The Morgan fingerprint density at radius 1 is 0.970 bits per heavy atom. The Bertz CT molecular complexity index is 1250. The highest BCUT2D eigenvalue weighted by molar-refractivity contribution is 7.89. The number of aryl methyl sites for hydroxylation is 1. The summed E-state index contributed by atoms with van der Waals surface area (Å²) in [5.41, 5.74) is -0.204. The zero-order valence-electron chi connectivity index (χ0n) is 17.4. The van der Waals surface area contributed by atoms with E-state index < -0.39 is 39.9 Å². The lowest BCUT2D eigenvalue weighted by Gasteiger charge is -2.23. The molecule has 174 valence electrons. The van der Waals surface area contributed by atoms with Gasteiger partial charge in [-0.05, 0) is 42.8 Å². The van der Waals surface area contributed by atoms with E-state index in [4.69, 9.17) is 11.6 Å². The highest BCUT2D eigenvalue weighted by atomic mass is 35.5. The number of para-hydroxylation sites is 1. The van der Waals surface area contributed by atoms with Crippen LogP contribution in [0.5, 0.6) is 0 Å². The van der Waals surface area contributed by atoms with Gasteiger partial charge in [0.15, 0.2) is 0 Å². The number of carbonyl (C=O) groups is 1. The summed E-state index contributed by atoms with van der Waals surface area (Å²) in [6.07, 6.45) is -4.69. The van der Waals surface area contributed by atoms with Gasteiger partial charge in [0.05, 0.1) is 22.7 Å². The first-order valence-corrected chi connectivity index (χ1v) is 11.6. The molecule has 3 rings (SSSR count). The highest BCUT2D eigenvalue weighted by Crippen LogP contribution is 2.34. The van der Waals surface area contributed by atoms with E-state index in [1.54, 1.807) is 43.3 Å². The summed E-state index contributed by atoms with van der Waals surface area (Å²) in [6.45, 7) is 0.835. The smallest absolute Gasteiger partial charge is 0.324 e. The number of benzene rings is 3. The summed E-state index contributed by atoms with van der Waals surface area (Å²) >= 11 is 6.18. The molecule has 1 amide bonds. The molecule has 0 unspecified atom stereocenters. The van der Waals surface area contributed by atoms with E-state index >= 15 is 0 Å². The first kappa shape index (κ1) is 24.8. The van der Waals surface area contributed by atoms with Crippen molar-refractivity contribution < 1.29 is 26.4 Å². The number of amides is 1. The Labute approximate surface area is 194 Å². The molecule has 0 spiro atoms. The summed E-state index contributed by atoms with van der Waals surface area (Å²) in [7, 11) is -4.17. The Kier molecular flexibility index (Phi) is 7.46. The quantitative estimate of drug-likeness (QED) is 0.470. The average molecular weight is 497 g/mol. The van der Waals surface area contributed by atoms with Crippen LogP contribution >= 0.6 is 11.6 Å². The lowest BCUT2D eigenvalue weighted by Crippen LogP contribution is -2.38. The normalized spacial score (nSPS) is 12.1. The number of carbonyl (C=O) groups excluding carboxylic acids is 1. The number of hydrogen-bond acceptors (Lipinski definition) is 3. The summed E-state index contributed by atoms with van der Waals surface area (Å²) in [5, 5.41) is 2.48. The standard InChI is InChI=1S/C23H20ClF3N2O3S/c1-16-10-12-18(13-11-16)33(31,32)29(14-17-6-2-4-8-20(17)24)15-22(30)28-21-9-5-3-7-19(21)23(25,26)27/h2-13H,14-15H2,1H3,(H,28,30). The molecule has 0 saturated heterocycles. The zero-order chi connectivity index (χ0) is 24.2. The van der Waals surface area contributed by atoms with Crippen LogP contribution in [0.25, 0.3) is 0 Å². The summed E-state index contributed by atoms with van der Waals surface area (Å²) in [4.78, 5) is 12.6. The molecule has 0 atom stereocenters. The molecule has 3 aromatic carbocycles. The van der Waals surface area contributed by atoms with E-state index in [-0.39, 0.29) is 11.4 Å². The van der Waals surface area contributed by atoms with Gasteiger partial charge in [0.25, 0.3) is 0 Å². The fourth-order valence-electron chi connectivity index (χ4n) is 3.09. The Morgan fingerprint density at radius 3 is 2.21 bits per heavy atom. The van der Waals surface area contributed by atoms with E-state index in [0.717, 1.165) is 22.0 Å². The minimum Gasteiger partial charge on any atom is -0.324 e. The number of sulfonamides is 1. The number of nitrogens with zero attached hydrogens (tertiary/aromatic N) is 1. The van der Waals surface area contributed by atoms with Gasteiger partial charge < -0.3 is 5.32 Å². The number of hydrogen-bond donors (Lipinski definition) is 1. The number of nitrogens with one attached hydrogen (secondary N) is 1. The molecule has 10 heteroatoms. The Morgan fingerprint density at radius 2 is 1.58 bits per heavy atom. The van der Waals surface area contributed by atoms with E-state index in [1.807, 2.05) is 0 Å². The van der Waals surface area contributed by atoms with E-state index in [9.17, 15) is 26.4 Å². The van der Waals surface area contributed by atoms with Crippen molar-refractivity contribution in [2.24, 2.45) is 0 Å². The Balaban J connectivity index is 1.93. The van der Waals surface area contributed by atoms with Gasteiger partial charge in [-0.25, -0.2) is 8.42 Å². The molecule has 1 N–H and O–H groups in total. The number of rotatable bonds is 7. The third kappa shape index (κ3) is 6.13. The second-order valence-electron chi connectivity index (χ2n) is 7.27. The maximum Gasteiger partial charge on any atom is 0.418 e. The van der Waals surface area contributed by atoms with Crippen molar-refractivity contribution in [3.05, 3.63) is 94.5 Å². The first-order valence-electron chi connectivity index (χ1n) is 9.75. The van der Waals surface area contributed by atoms with Crippen molar-refractivity contribution >= 4 is 33.2 Å². The molecule has 5 nitrogen and oxygen atoms in total. The second kappa shape index (κ2) is 9.94. The van der Waals surface area contributed by atoms with Crippen LogP contribution in [0.2, 0.25) is 5.02 Å². The largest absolute Gasteiger partial charge is 0.418 e. The summed E-state index contributed by atoms with van der Waals surface area (Å²) < 4.78 is 67.3. The molecule has 0 radical (unpaired) electrons. The van der Waals surface area contributed by atoms with Gasteiger partial charge in [0.1, 0.15) is 0 Å². The molecular formula is C23H20ClF3N2O3S. The molecule has 3 aromatic rings. The topological polar surface area (TPSA) is 66.5 Å². The predicted molar refractivity (Wildman–Crippen MR) is 120 cm³/mol. The van der Waals surface area contributed by atoms with Crippen molar-refractivity contribution in [2.75, 3.05) is 11.9 Å². The van der Waals surface area contributed by atoms with E-state index in [0.29, 0.717) is 10.6 Å². The second-order valence-corrected chi connectivity index (χ2v) is 9.61. The summed E-state index contributed by atoms with van der Waals surface area (Å²) in [5.74, 6) is -0.922. The van der Waals surface area contributed by atoms with Crippen LogP contribution in [0.4, 0.5) is 18.9 Å². The number of alkyl halides is 3. The maximum absolute atomic E-state index is 13.3. The van der Waals surface area contributed by atoms with Gasteiger partial charge in [-0.2, -0.15) is 17.5 Å². The van der Waals surface area contributed by atoms with Crippen molar-refractivity contribution in [3.8, 4) is 0 Å². The van der Waals surface area contributed by atoms with Crippen LogP contribution in [0, 0.1) is 6.92 Å². The molecule has 0 bridgehead atoms. The van der Waals surface area contributed by atoms with Crippen molar-refractivity contribution in [1.29, 1.82) is 0 Å². The molecule has 0 aromatic heterocycles. The van der Waals surface area contributed by atoms with Gasteiger partial charge >= 0.3 is 6.18 Å². The minimum absolute atomic E-state index is 0.0522. The predicted octanol–water partition coefficient (Wildman–Crippen LogP) is 5.50. The van der Waals surface area contributed by atoms with Crippen LogP contribution in [0.3, 0.4) is 0 Å². The van der Waals surface area contributed by atoms with Crippen molar-refractivity contribution in [3.63, 3.8) is 0 Å². The van der Waals surface area contributed by atoms with Crippen molar-refractivity contribution in [2.45, 2.75) is 24.5 Å². The molecule has 0 aliphatic rings. The molecule has 0 aliphatic carbocycles. The third-order valence-corrected chi connectivity index (χ3v) is 6.96. The van der Waals surface area contributed by atoms with Crippen LogP contribution in [-0.4, -0.2) is 25.2 Å². The third-order valence-electron chi connectivity index (χ3n) is 4.79. The molecule has 0 aliphatic heterocycles. The molecule has 33 heavy (non-hydrogen) atoms. The van der Waals surface area contributed by atoms with Crippen LogP contribution in [-0.2, 0) is 27.5 Å². The lowest BCUT2D eigenvalue weighted by molar-refractivity contribution is -0.137. The Hall–Kier alpha value is -2.88. The molecule has 0 heterocycles. The van der Waals surface area contributed by atoms with Gasteiger partial charge in [-0.1, -0.05) is 59.6 Å². The SMILES string of the molecule is Cc1ccc(S(=O)(=O)N(CC(=O)Nc2ccccc2C(F)(F)F)Cc2ccccc2Cl)cc1. The van der Waals surface area contributed by atoms with Crippen LogP contribution in [0.1, 0.15) is 16.7 Å². The summed E-state index contributed by atoms with van der Waals surface area (Å²) in [6, 6.07) is 17.0. The van der Waals surface area contributed by atoms with E-state index in [2.05, 4.69) is 5.32 Å². The van der Waals surface area contributed by atoms with Crippen LogP contribution in [0.15, 0.2) is 77.7 Å². The zero-order valence-corrected chi connectivity index (χ0v) is 19.0. The molecule has 0 saturated carbocycles. The monoisotopic (exact) mass is 496 g/mol. The van der Waals surface area contributed by atoms with Crippen molar-refractivity contribution in [1.82, 2.24) is 4.31 Å². The maximum atomic E-state index is 13.3. The highest BCUT2D eigenvalue weighted by Gasteiger charge is 2.34. The number of halogens is 4.